The Labute approximate surface area is 131 Å². The maximum atomic E-state index is 12.4. The minimum Gasteiger partial charge on any atom is -0.480 e. The molecule has 6 nitrogen and oxygen atoms in total. The van der Waals surface area contributed by atoms with Crippen molar-refractivity contribution in [2.24, 2.45) is 0 Å². The van der Waals surface area contributed by atoms with E-state index in [9.17, 15) is 9.59 Å². The molecule has 7 heteroatoms. The number of hydrogen-bond donors (Lipinski definition) is 1. The number of aromatic nitrogens is 1. The van der Waals surface area contributed by atoms with Crippen molar-refractivity contribution in [1.29, 1.82) is 0 Å². The maximum Gasteiger partial charge on any atom is 0.326 e. The fraction of sp³-hybridized carbons (Fsp3) is 0.267. The predicted molar refractivity (Wildman–Crippen MR) is 78.6 cm³/mol. The van der Waals surface area contributed by atoms with Gasteiger partial charge in [-0.2, -0.15) is 0 Å². The zero-order chi connectivity index (χ0) is 15.7. The number of nitrogens with zero attached hydrogens (tertiary/aromatic N) is 2. The van der Waals surface area contributed by atoms with Gasteiger partial charge in [-0.3, -0.25) is 4.79 Å². The van der Waals surface area contributed by atoms with E-state index in [1.54, 1.807) is 24.3 Å². The predicted octanol–water partition coefficient (Wildman–Crippen LogP) is 2.68. The highest BCUT2D eigenvalue weighted by Crippen LogP contribution is 2.25. The number of hydrogen-bond acceptors (Lipinski definition) is 4. The van der Waals surface area contributed by atoms with Crippen LogP contribution in [0.3, 0.4) is 0 Å². The summed E-state index contributed by atoms with van der Waals surface area (Å²) in [5, 5.41) is 13.6. The second-order valence-corrected chi connectivity index (χ2v) is 5.52. The van der Waals surface area contributed by atoms with Crippen LogP contribution < -0.4 is 0 Å². The number of halogens is 1. The Morgan fingerprint density at radius 3 is 2.91 bits per heavy atom. The second kappa shape index (κ2) is 5.81. The molecule has 1 aliphatic rings. The van der Waals surface area contributed by atoms with Crippen LogP contribution in [0.5, 0.6) is 0 Å². The number of carbonyl (C=O) groups is 2. The van der Waals surface area contributed by atoms with E-state index < -0.39 is 17.9 Å². The van der Waals surface area contributed by atoms with E-state index >= 15 is 0 Å². The molecule has 1 atom stereocenters. The molecule has 22 heavy (non-hydrogen) atoms. The number of carboxylic acid groups (broad SMARTS) is 1. The standard InChI is InChI=1S/C15H13ClN2O4/c16-10-4-1-3-9(7-10)11-8-13(22-17-11)14(19)18-6-2-5-12(18)15(20)21/h1,3-4,7-8,12H,2,5-6H2,(H,20,21)/t12-/m0/s1. The third kappa shape index (κ3) is 2.69. The molecule has 0 aliphatic carbocycles. The van der Waals surface area contributed by atoms with Gasteiger partial charge < -0.3 is 14.5 Å². The van der Waals surface area contributed by atoms with Gasteiger partial charge in [0, 0.05) is 23.2 Å². The Kier molecular flexibility index (Phi) is 3.85. The van der Waals surface area contributed by atoms with E-state index in [2.05, 4.69) is 5.16 Å². The first-order valence-corrected chi connectivity index (χ1v) is 7.20. The van der Waals surface area contributed by atoms with Gasteiger partial charge in [0.05, 0.1) is 0 Å². The Morgan fingerprint density at radius 1 is 1.36 bits per heavy atom. The van der Waals surface area contributed by atoms with Gasteiger partial charge in [-0.25, -0.2) is 4.79 Å². The van der Waals surface area contributed by atoms with Gasteiger partial charge in [-0.1, -0.05) is 28.9 Å². The maximum absolute atomic E-state index is 12.4. The first kappa shape index (κ1) is 14.6. The first-order valence-electron chi connectivity index (χ1n) is 6.82. The lowest BCUT2D eigenvalue weighted by molar-refractivity contribution is -0.141. The monoisotopic (exact) mass is 320 g/mol. The molecule has 0 saturated carbocycles. The van der Waals surface area contributed by atoms with E-state index in [1.807, 2.05) is 0 Å². The molecule has 1 N–H and O–H groups in total. The zero-order valence-corrected chi connectivity index (χ0v) is 12.3. The van der Waals surface area contributed by atoms with Crippen molar-refractivity contribution in [1.82, 2.24) is 10.1 Å². The van der Waals surface area contributed by atoms with Gasteiger partial charge in [-0.15, -0.1) is 0 Å². The van der Waals surface area contributed by atoms with Crippen LogP contribution in [0, 0.1) is 0 Å². The van der Waals surface area contributed by atoms with Crippen LogP contribution in [0.4, 0.5) is 0 Å². The highest BCUT2D eigenvalue weighted by molar-refractivity contribution is 6.30. The molecule has 114 valence electrons. The highest BCUT2D eigenvalue weighted by atomic mass is 35.5. The smallest absolute Gasteiger partial charge is 0.326 e. The molecule has 1 amide bonds. The highest BCUT2D eigenvalue weighted by Gasteiger charge is 2.36. The van der Waals surface area contributed by atoms with Crippen LogP contribution in [0.25, 0.3) is 11.3 Å². The molecule has 1 aromatic carbocycles. The Morgan fingerprint density at radius 2 is 2.18 bits per heavy atom. The topological polar surface area (TPSA) is 83.6 Å². The Balaban J connectivity index is 1.84. The molecule has 0 spiro atoms. The van der Waals surface area contributed by atoms with Gasteiger partial charge in [0.25, 0.3) is 5.91 Å². The molecule has 1 saturated heterocycles. The fourth-order valence-corrected chi connectivity index (χ4v) is 2.76. The lowest BCUT2D eigenvalue weighted by atomic mass is 10.1. The molecule has 1 fully saturated rings. The number of carboxylic acids is 1. The van der Waals surface area contributed by atoms with Crippen LogP contribution in [0.15, 0.2) is 34.9 Å². The van der Waals surface area contributed by atoms with E-state index in [1.165, 1.54) is 11.0 Å². The van der Waals surface area contributed by atoms with Crippen LogP contribution in [-0.2, 0) is 4.79 Å². The molecule has 3 rings (SSSR count). The molecule has 2 aromatic rings. The summed E-state index contributed by atoms with van der Waals surface area (Å²) in [5.41, 5.74) is 1.21. The molecule has 1 aliphatic heterocycles. The quantitative estimate of drug-likeness (QED) is 0.940. The van der Waals surface area contributed by atoms with Crippen molar-refractivity contribution < 1.29 is 19.2 Å². The van der Waals surface area contributed by atoms with Crippen LogP contribution in [0.2, 0.25) is 5.02 Å². The summed E-state index contributed by atoms with van der Waals surface area (Å²) in [5.74, 6) is -1.42. The lowest BCUT2D eigenvalue weighted by Gasteiger charge is -2.19. The third-order valence-corrected chi connectivity index (χ3v) is 3.88. The largest absolute Gasteiger partial charge is 0.480 e. The molecular weight excluding hydrogens is 308 g/mol. The van der Waals surface area contributed by atoms with E-state index in [4.69, 9.17) is 21.2 Å². The summed E-state index contributed by atoms with van der Waals surface area (Å²) in [7, 11) is 0. The van der Waals surface area contributed by atoms with Gasteiger partial charge in [0.2, 0.25) is 5.76 Å². The average molecular weight is 321 g/mol. The van der Waals surface area contributed by atoms with Crippen molar-refractivity contribution in [2.45, 2.75) is 18.9 Å². The fourth-order valence-electron chi connectivity index (χ4n) is 2.57. The van der Waals surface area contributed by atoms with E-state index in [-0.39, 0.29) is 5.76 Å². The molecular formula is C15H13ClN2O4. The van der Waals surface area contributed by atoms with Crippen LogP contribution in [-0.4, -0.2) is 39.6 Å². The minimum atomic E-state index is -1.000. The SMILES string of the molecule is O=C(O)[C@@H]1CCCN1C(=O)c1cc(-c2cccc(Cl)c2)no1. The number of likely N-dealkylation sites (tertiary alicyclic amines) is 1. The van der Waals surface area contributed by atoms with Crippen molar-refractivity contribution in [3.05, 3.63) is 41.1 Å². The van der Waals surface area contributed by atoms with Crippen molar-refractivity contribution in [2.75, 3.05) is 6.54 Å². The first-order chi connectivity index (χ1) is 10.6. The average Bonchev–Trinajstić information content (AvgIpc) is 3.16. The summed E-state index contributed by atoms with van der Waals surface area (Å²) >= 11 is 5.92. The van der Waals surface area contributed by atoms with Gasteiger partial charge in [0.15, 0.2) is 0 Å². The molecule has 1 aromatic heterocycles. The Bertz CT molecular complexity index is 728. The summed E-state index contributed by atoms with van der Waals surface area (Å²) < 4.78 is 5.08. The molecule has 2 heterocycles. The van der Waals surface area contributed by atoms with Crippen LogP contribution >= 0.6 is 11.6 Å². The molecule has 0 unspecified atom stereocenters. The van der Waals surface area contributed by atoms with Gasteiger partial charge in [0.1, 0.15) is 11.7 Å². The summed E-state index contributed by atoms with van der Waals surface area (Å²) in [6.45, 7) is 0.406. The third-order valence-electron chi connectivity index (χ3n) is 3.64. The number of rotatable bonds is 3. The number of carbonyl (C=O) groups excluding carboxylic acids is 1. The summed E-state index contributed by atoms with van der Waals surface area (Å²) in [6.07, 6.45) is 1.12. The lowest BCUT2D eigenvalue weighted by Crippen LogP contribution is -2.40. The van der Waals surface area contributed by atoms with Crippen molar-refractivity contribution >= 4 is 23.5 Å². The normalized spacial score (nSPS) is 17.7. The Hall–Kier alpha value is -2.34. The summed E-state index contributed by atoms with van der Waals surface area (Å²) in [6, 6.07) is 7.73. The van der Waals surface area contributed by atoms with E-state index in [0.717, 1.165) is 5.56 Å². The minimum absolute atomic E-state index is 0.0307. The number of amides is 1. The molecule has 0 bridgehead atoms. The second-order valence-electron chi connectivity index (χ2n) is 5.08. The zero-order valence-electron chi connectivity index (χ0n) is 11.5. The van der Waals surface area contributed by atoms with Crippen molar-refractivity contribution in [3.8, 4) is 11.3 Å². The van der Waals surface area contributed by atoms with E-state index in [0.29, 0.717) is 30.1 Å². The van der Waals surface area contributed by atoms with Gasteiger partial charge in [-0.05, 0) is 25.0 Å². The molecule has 0 radical (unpaired) electrons. The van der Waals surface area contributed by atoms with Crippen molar-refractivity contribution in [3.63, 3.8) is 0 Å². The van der Waals surface area contributed by atoms with Crippen LogP contribution in [0.1, 0.15) is 23.4 Å². The number of benzene rings is 1. The van der Waals surface area contributed by atoms with Gasteiger partial charge >= 0.3 is 5.97 Å². The number of aliphatic carboxylic acids is 1. The summed E-state index contributed by atoms with van der Waals surface area (Å²) in [4.78, 5) is 24.8.